The molecule has 0 amide bonds. The summed E-state index contributed by atoms with van der Waals surface area (Å²) in [7, 11) is 5.01. The number of thiazole rings is 1. The van der Waals surface area contributed by atoms with E-state index >= 15 is 0 Å². The Morgan fingerprint density at radius 3 is 2.76 bits per heavy atom. The lowest BCUT2D eigenvalue weighted by molar-refractivity contribution is 0.199. The molecular formula is C15H20N2O3S. The highest BCUT2D eigenvalue weighted by Crippen LogP contribution is 2.35. The third kappa shape index (κ3) is 4.17. The minimum absolute atomic E-state index is 0.704. The molecular weight excluding hydrogens is 288 g/mol. The number of benzene rings is 1. The highest BCUT2D eigenvalue weighted by atomic mass is 32.1. The van der Waals surface area contributed by atoms with Gasteiger partial charge in [-0.25, -0.2) is 4.98 Å². The van der Waals surface area contributed by atoms with Crippen molar-refractivity contribution in [3.63, 3.8) is 0 Å². The Morgan fingerprint density at radius 2 is 2.05 bits per heavy atom. The van der Waals surface area contributed by atoms with Gasteiger partial charge >= 0.3 is 0 Å². The highest BCUT2D eigenvalue weighted by molar-refractivity contribution is 7.15. The average Bonchev–Trinajstić information content (AvgIpc) is 2.99. The van der Waals surface area contributed by atoms with Crippen LogP contribution < -0.4 is 14.8 Å². The molecule has 21 heavy (non-hydrogen) atoms. The van der Waals surface area contributed by atoms with E-state index in [1.807, 2.05) is 24.4 Å². The average molecular weight is 308 g/mol. The molecule has 0 unspecified atom stereocenters. The molecule has 1 aromatic heterocycles. The second kappa shape index (κ2) is 7.97. The molecule has 1 heterocycles. The molecule has 1 N–H and O–H groups in total. The smallest absolute Gasteiger partial charge is 0.129 e. The molecule has 0 saturated carbocycles. The van der Waals surface area contributed by atoms with Gasteiger partial charge in [0.1, 0.15) is 16.5 Å². The predicted octanol–water partition coefficient (Wildman–Crippen LogP) is 2.56. The maximum Gasteiger partial charge on any atom is 0.129 e. The van der Waals surface area contributed by atoms with Crippen molar-refractivity contribution < 1.29 is 14.2 Å². The first-order chi connectivity index (χ1) is 10.3. The van der Waals surface area contributed by atoms with E-state index in [4.69, 9.17) is 14.2 Å². The van der Waals surface area contributed by atoms with Crippen LogP contribution in [0.3, 0.4) is 0 Å². The summed E-state index contributed by atoms with van der Waals surface area (Å²) in [4.78, 5) is 5.65. The van der Waals surface area contributed by atoms with Crippen LogP contribution in [0.25, 0.3) is 10.6 Å². The lowest BCUT2D eigenvalue weighted by Gasteiger charge is -2.08. The van der Waals surface area contributed by atoms with Gasteiger partial charge in [-0.05, 0) is 18.2 Å². The van der Waals surface area contributed by atoms with Gasteiger partial charge in [0.25, 0.3) is 0 Å². The fraction of sp³-hybridized carbons (Fsp3) is 0.400. The third-order valence-corrected chi connectivity index (χ3v) is 4.00. The van der Waals surface area contributed by atoms with Crippen LogP contribution in [-0.2, 0) is 11.3 Å². The minimum atomic E-state index is 0.704. The third-order valence-electron chi connectivity index (χ3n) is 2.97. The number of nitrogens with zero attached hydrogens (tertiary/aromatic N) is 1. The summed E-state index contributed by atoms with van der Waals surface area (Å²) in [6.07, 6.45) is 1.89. The van der Waals surface area contributed by atoms with Crippen LogP contribution in [0.1, 0.15) is 4.88 Å². The second-order valence-electron chi connectivity index (χ2n) is 4.37. The van der Waals surface area contributed by atoms with Crippen LogP contribution in [0.15, 0.2) is 24.4 Å². The fourth-order valence-corrected chi connectivity index (χ4v) is 2.78. The van der Waals surface area contributed by atoms with Crippen molar-refractivity contribution in [2.75, 3.05) is 34.5 Å². The van der Waals surface area contributed by atoms with Gasteiger partial charge in [0, 0.05) is 31.3 Å². The van der Waals surface area contributed by atoms with Crippen molar-refractivity contribution in [2.45, 2.75) is 6.54 Å². The lowest BCUT2D eigenvalue weighted by atomic mass is 10.2. The first-order valence-electron chi connectivity index (χ1n) is 6.65. The Balaban J connectivity index is 2.13. The second-order valence-corrected chi connectivity index (χ2v) is 5.48. The van der Waals surface area contributed by atoms with Crippen LogP contribution in [0.2, 0.25) is 0 Å². The van der Waals surface area contributed by atoms with Crippen LogP contribution in [-0.4, -0.2) is 39.5 Å². The number of hydrogen-bond acceptors (Lipinski definition) is 6. The van der Waals surface area contributed by atoms with Crippen LogP contribution in [0, 0.1) is 0 Å². The van der Waals surface area contributed by atoms with Crippen molar-refractivity contribution in [2.24, 2.45) is 0 Å². The van der Waals surface area contributed by atoms with E-state index in [1.54, 1.807) is 32.7 Å². The van der Waals surface area contributed by atoms with Gasteiger partial charge in [-0.15, -0.1) is 11.3 Å². The van der Waals surface area contributed by atoms with Gasteiger partial charge in [0.2, 0.25) is 0 Å². The summed E-state index contributed by atoms with van der Waals surface area (Å²) in [6.45, 7) is 2.31. The predicted molar refractivity (Wildman–Crippen MR) is 84.2 cm³/mol. The van der Waals surface area contributed by atoms with E-state index in [2.05, 4.69) is 10.3 Å². The van der Waals surface area contributed by atoms with E-state index in [0.29, 0.717) is 6.61 Å². The highest BCUT2D eigenvalue weighted by Gasteiger charge is 2.11. The zero-order chi connectivity index (χ0) is 15.1. The van der Waals surface area contributed by atoms with Crippen molar-refractivity contribution in [3.8, 4) is 22.1 Å². The van der Waals surface area contributed by atoms with Gasteiger partial charge in [0.15, 0.2) is 0 Å². The van der Waals surface area contributed by atoms with Crippen LogP contribution in [0.4, 0.5) is 0 Å². The van der Waals surface area contributed by atoms with Gasteiger partial charge in [0.05, 0.1) is 26.4 Å². The minimum Gasteiger partial charge on any atom is -0.497 e. The van der Waals surface area contributed by atoms with E-state index in [1.165, 1.54) is 4.88 Å². The Hall–Kier alpha value is -1.63. The molecule has 0 aliphatic rings. The molecule has 0 spiro atoms. The standard InChI is InChI=1S/C15H20N2O3S/c1-18-7-6-16-9-12-10-17-15(21-12)13-8-11(19-2)4-5-14(13)20-3/h4-5,8,10,16H,6-7,9H2,1-3H3. The number of hydrogen-bond donors (Lipinski definition) is 1. The quantitative estimate of drug-likeness (QED) is 0.760. The Morgan fingerprint density at radius 1 is 1.19 bits per heavy atom. The molecule has 0 aliphatic carbocycles. The summed E-state index contributed by atoms with van der Waals surface area (Å²) in [5, 5.41) is 4.23. The number of rotatable bonds is 8. The maximum atomic E-state index is 5.40. The summed E-state index contributed by atoms with van der Waals surface area (Å²) in [6, 6.07) is 5.72. The molecule has 2 aromatic rings. The van der Waals surface area contributed by atoms with Crippen molar-refractivity contribution >= 4 is 11.3 Å². The molecule has 114 valence electrons. The Bertz CT molecular complexity index is 572. The zero-order valence-corrected chi connectivity index (χ0v) is 13.3. The zero-order valence-electron chi connectivity index (χ0n) is 12.5. The fourth-order valence-electron chi connectivity index (χ4n) is 1.88. The summed E-state index contributed by atoms with van der Waals surface area (Å²) in [5.41, 5.74) is 0.949. The molecule has 5 nitrogen and oxygen atoms in total. The molecule has 1 aromatic carbocycles. The van der Waals surface area contributed by atoms with Gasteiger partial charge in [-0.2, -0.15) is 0 Å². The molecule has 0 atom stereocenters. The van der Waals surface area contributed by atoms with Gasteiger partial charge in [-0.3, -0.25) is 0 Å². The summed E-state index contributed by atoms with van der Waals surface area (Å²) >= 11 is 1.64. The SMILES string of the molecule is COCCNCc1cnc(-c2cc(OC)ccc2OC)s1. The number of methoxy groups -OCH3 is 3. The van der Waals surface area contributed by atoms with E-state index in [9.17, 15) is 0 Å². The largest absolute Gasteiger partial charge is 0.497 e. The first-order valence-corrected chi connectivity index (χ1v) is 7.47. The van der Waals surface area contributed by atoms with E-state index in [0.717, 1.165) is 35.2 Å². The number of aromatic nitrogens is 1. The van der Waals surface area contributed by atoms with Gasteiger partial charge in [-0.1, -0.05) is 0 Å². The van der Waals surface area contributed by atoms with E-state index in [-0.39, 0.29) is 0 Å². The normalized spacial score (nSPS) is 10.6. The molecule has 2 rings (SSSR count). The van der Waals surface area contributed by atoms with Crippen LogP contribution in [0.5, 0.6) is 11.5 Å². The maximum absolute atomic E-state index is 5.40. The Kier molecular flexibility index (Phi) is 5.98. The lowest BCUT2D eigenvalue weighted by Crippen LogP contribution is -2.17. The van der Waals surface area contributed by atoms with Gasteiger partial charge < -0.3 is 19.5 Å². The van der Waals surface area contributed by atoms with E-state index < -0.39 is 0 Å². The monoisotopic (exact) mass is 308 g/mol. The van der Waals surface area contributed by atoms with Crippen molar-refractivity contribution in [1.82, 2.24) is 10.3 Å². The molecule has 0 saturated heterocycles. The Labute approximate surface area is 128 Å². The van der Waals surface area contributed by atoms with Crippen LogP contribution >= 0.6 is 11.3 Å². The number of nitrogens with one attached hydrogen (secondary N) is 1. The topological polar surface area (TPSA) is 52.6 Å². The molecule has 6 heteroatoms. The molecule has 0 radical (unpaired) electrons. The molecule has 0 bridgehead atoms. The molecule has 0 fully saturated rings. The summed E-state index contributed by atoms with van der Waals surface area (Å²) in [5.74, 6) is 1.59. The summed E-state index contributed by atoms with van der Waals surface area (Å²) < 4.78 is 15.7. The number of ether oxygens (including phenoxy) is 3. The van der Waals surface area contributed by atoms with Crippen molar-refractivity contribution in [1.29, 1.82) is 0 Å². The van der Waals surface area contributed by atoms with Crippen molar-refractivity contribution in [3.05, 3.63) is 29.3 Å². The molecule has 0 aliphatic heterocycles. The first kappa shape index (κ1) is 15.8.